The van der Waals surface area contributed by atoms with Gasteiger partial charge in [0, 0.05) is 10.7 Å². The van der Waals surface area contributed by atoms with Gasteiger partial charge in [0.2, 0.25) is 11.8 Å². The van der Waals surface area contributed by atoms with Crippen molar-refractivity contribution in [3.05, 3.63) is 58.6 Å². The highest BCUT2D eigenvalue weighted by molar-refractivity contribution is 6.31. The monoisotopic (exact) mass is 468 g/mol. The van der Waals surface area contributed by atoms with Gasteiger partial charge in [-0.1, -0.05) is 24.6 Å². The van der Waals surface area contributed by atoms with Crippen molar-refractivity contribution in [2.24, 2.45) is 17.8 Å². The fourth-order valence-corrected chi connectivity index (χ4v) is 4.65. The molecule has 1 N–H and O–H groups in total. The second-order valence-corrected chi connectivity index (χ2v) is 9.19. The molecule has 33 heavy (non-hydrogen) atoms. The molecule has 2 aliphatic rings. The summed E-state index contributed by atoms with van der Waals surface area (Å²) in [6.45, 7) is 3.49. The first kappa shape index (κ1) is 23.0. The summed E-state index contributed by atoms with van der Waals surface area (Å²) in [7, 11) is 0. The minimum Gasteiger partial charge on any atom is -0.452 e. The molecule has 1 saturated carbocycles. The standard InChI is InChI=1S/C25H25ClN2O5/c1-14-3-10-19-20(11-14)24(31)28(23(19)30)18-8-5-16(6-9-18)25(32)33-13-22(29)27-17-7-4-15(2)21(26)12-17/h4-9,12,14,19-20H,3,10-11,13H2,1-2H3,(H,27,29)/t14-,19-,20-/m1/s1. The number of aryl methyl sites for hydroxylation is 1. The molecule has 2 aromatic carbocycles. The lowest BCUT2D eigenvalue weighted by molar-refractivity contribution is -0.122. The summed E-state index contributed by atoms with van der Waals surface area (Å²) in [6, 6.07) is 11.2. The molecule has 0 aromatic heterocycles. The van der Waals surface area contributed by atoms with Crippen LogP contribution in [0.15, 0.2) is 42.5 Å². The minimum atomic E-state index is -0.680. The number of imide groups is 1. The Morgan fingerprint density at radius 2 is 1.76 bits per heavy atom. The maximum Gasteiger partial charge on any atom is 0.338 e. The zero-order valence-corrected chi connectivity index (χ0v) is 19.2. The number of rotatable bonds is 5. The summed E-state index contributed by atoms with van der Waals surface area (Å²) in [5.41, 5.74) is 2.05. The van der Waals surface area contributed by atoms with Crippen molar-refractivity contribution in [1.82, 2.24) is 0 Å². The predicted molar refractivity (Wildman–Crippen MR) is 124 cm³/mol. The number of benzene rings is 2. The molecule has 0 radical (unpaired) electrons. The average molecular weight is 469 g/mol. The van der Waals surface area contributed by atoms with Gasteiger partial charge in [0.25, 0.3) is 5.91 Å². The second kappa shape index (κ2) is 9.35. The van der Waals surface area contributed by atoms with Crippen LogP contribution in [-0.4, -0.2) is 30.3 Å². The molecular weight excluding hydrogens is 444 g/mol. The third-order valence-corrected chi connectivity index (χ3v) is 6.75. The van der Waals surface area contributed by atoms with Crippen LogP contribution in [-0.2, 0) is 19.1 Å². The number of carbonyl (C=O) groups is 4. The Morgan fingerprint density at radius 1 is 1.06 bits per heavy atom. The van der Waals surface area contributed by atoms with Crippen molar-refractivity contribution in [2.45, 2.75) is 33.1 Å². The SMILES string of the molecule is Cc1ccc(NC(=O)COC(=O)c2ccc(N3C(=O)[C@@H]4CC[C@@H](C)C[C@H]4C3=O)cc2)cc1Cl. The third-order valence-electron chi connectivity index (χ3n) is 6.34. The number of anilines is 2. The van der Waals surface area contributed by atoms with E-state index < -0.39 is 18.5 Å². The molecular formula is C25H25ClN2O5. The molecule has 0 bridgehead atoms. The van der Waals surface area contributed by atoms with Crippen LogP contribution in [0.1, 0.15) is 42.1 Å². The quantitative estimate of drug-likeness (QED) is 0.519. The first-order valence-electron chi connectivity index (χ1n) is 11.0. The van der Waals surface area contributed by atoms with Gasteiger partial charge in [0.1, 0.15) is 0 Å². The number of carbonyl (C=O) groups excluding carboxylic acids is 4. The van der Waals surface area contributed by atoms with E-state index in [1.54, 1.807) is 30.3 Å². The number of esters is 1. The molecule has 2 fully saturated rings. The first-order chi connectivity index (χ1) is 15.7. The van der Waals surface area contributed by atoms with Gasteiger partial charge < -0.3 is 10.1 Å². The molecule has 3 amide bonds. The van der Waals surface area contributed by atoms with Crippen LogP contribution in [0.4, 0.5) is 11.4 Å². The van der Waals surface area contributed by atoms with E-state index in [0.717, 1.165) is 24.8 Å². The topological polar surface area (TPSA) is 92.8 Å². The van der Waals surface area contributed by atoms with E-state index in [1.165, 1.54) is 17.0 Å². The van der Waals surface area contributed by atoms with Crippen molar-refractivity contribution < 1.29 is 23.9 Å². The zero-order chi connectivity index (χ0) is 23.7. The van der Waals surface area contributed by atoms with Crippen LogP contribution >= 0.6 is 11.6 Å². The maximum atomic E-state index is 12.8. The molecule has 8 heteroatoms. The Bertz CT molecular complexity index is 1110. The van der Waals surface area contributed by atoms with E-state index in [4.69, 9.17) is 16.3 Å². The fourth-order valence-electron chi connectivity index (χ4n) is 4.47. The summed E-state index contributed by atoms with van der Waals surface area (Å²) in [6.07, 6.45) is 2.41. The van der Waals surface area contributed by atoms with Gasteiger partial charge >= 0.3 is 5.97 Å². The second-order valence-electron chi connectivity index (χ2n) is 8.78. The average Bonchev–Trinajstić information content (AvgIpc) is 3.04. The largest absolute Gasteiger partial charge is 0.452 e. The number of nitrogens with one attached hydrogen (secondary N) is 1. The molecule has 1 aliphatic carbocycles. The van der Waals surface area contributed by atoms with Gasteiger partial charge in [0.05, 0.1) is 23.1 Å². The van der Waals surface area contributed by atoms with Crippen LogP contribution in [0.3, 0.4) is 0 Å². The van der Waals surface area contributed by atoms with E-state index in [-0.39, 0.29) is 29.2 Å². The van der Waals surface area contributed by atoms with Crippen molar-refractivity contribution in [2.75, 3.05) is 16.8 Å². The molecule has 7 nitrogen and oxygen atoms in total. The predicted octanol–water partition coefficient (Wildman–Crippen LogP) is 4.37. The molecule has 4 rings (SSSR count). The fraction of sp³-hybridized carbons (Fsp3) is 0.360. The van der Waals surface area contributed by atoms with Crippen molar-refractivity contribution in [3.63, 3.8) is 0 Å². The highest BCUT2D eigenvalue weighted by atomic mass is 35.5. The number of fused-ring (bicyclic) bond motifs is 1. The van der Waals surface area contributed by atoms with E-state index in [2.05, 4.69) is 12.2 Å². The first-order valence-corrected chi connectivity index (χ1v) is 11.3. The number of hydrogen-bond acceptors (Lipinski definition) is 5. The third kappa shape index (κ3) is 4.78. The Labute approximate surface area is 197 Å². The number of hydrogen-bond donors (Lipinski definition) is 1. The molecule has 1 saturated heterocycles. The van der Waals surface area contributed by atoms with E-state index in [1.807, 2.05) is 6.92 Å². The van der Waals surface area contributed by atoms with E-state index in [0.29, 0.717) is 22.3 Å². The zero-order valence-electron chi connectivity index (χ0n) is 18.5. The smallest absolute Gasteiger partial charge is 0.338 e. The van der Waals surface area contributed by atoms with E-state index >= 15 is 0 Å². The van der Waals surface area contributed by atoms with Crippen LogP contribution in [0.2, 0.25) is 5.02 Å². The summed E-state index contributed by atoms with van der Waals surface area (Å²) < 4.78 is 5.08. The highest BCUT2D eigenvalue weighted by Crippen LogP contribution is 2.42. The van der Waals surface area contributed by atoms with Gasteiger partial charge in [-0.2, -0.15) is 0 Å². The molecule has 2 aromatic rings. The van der Waals surface area contributed by atoms with Gasteiger partial charge in [-0.05, 0) is 74.1 Å². The molecule has 3 atom stereocenters. The highest BCUT2D eigenvalue weighted by Gasteiger charge is 2.49. The molecule has 1 heterocycles. The van der Waals surface area contributed by atoms with Crippen molar-refractivity contribution >= 4 is 46.7 Å². The Morgan fingerprint density at radius 3 is 2.45 bits per heavy atom. The van der Waals surface area contributed by atoms with Gasteiger partial charge in [-0.25, -0.2) is 4.79 Å². The van der Waals surface area contributed by atoms with Crippen LogP contribution in [0.5, 0.6) is 0 Å². The lowest BCUT2D eigenvalue weighted by atomic mass is 9.76. The summed E-state index contributed by atoms with van der Waals surface area (Å²) >= 11 is 6.04. The van der Waals surface area contributed by atoms with Crippen LogP contribution < -0.4 is 10.2 Å². The maximum absolute atomic E-state index is 12.8. The number of amides is 3. The number of halogens is 1. The van der Waals surface area contributed by atoms with Crippen LogP contribution in [0, 0.1) is 24.7 Å². The van der Waals surface area contributed by atoms with Gasteiger partial charge in [0.15, 0.2) is 6.61 Å². The number of ether oxygens (including phenoxy) is 1. The van der Waals surface area contributed by atoms with Crippen molar-refractivity contribution in [1.29, 1.82) is 0 Å². The van der Waals surface area contributed by atoms with Crippen LogP contribution in [0.25, 0.3) is 0 Å². The van der Waals surface area contributed by atoms with Gasteiger partial charge in [-0.3, -0.25) is 19.3 Å². The molecule has 0 unspecified atom stereocenters. The Balaban J connectivity index is 1.35. The van der Waals surface area contributed by atoms with E-state index in [9.17, 15) is 19.2 Å². The lowest BCUT2D eigenvalue weighted by Gasteiger charge is -2.25. The lowest BCUT2D eigenvalue weighted by Crippen LogP contribution is -2.30. The Kier molecular flexibility index (Phi) is 6.51. The summed E-state index contributed by atoms with van der Waals surface area (Å²) in [5, 5.41) is 3.14. The summed E-state index contributed by atoms with van der Waals surface area (Å²) in [5.74, 6) is -1.58. The molecule has 1 aliphatic heterocycles. The summed E-state index contributed by atoms with van der Waals surface area (Å²) in [4.78, 5) is 51.3. The number of nitrogens with zero attached hydrogens (tertiary/aromatic N) is 1. The molecule has 0 spiro atoms. The molecule has 172 valence electrons. The van der Waals surface area contributed by atoms with Crippen molar-refractivity contribution in [3.8, 4) is 0 Å². The Hall–Kier alpha value is -3.19. The minimum absolute atomic E-state index is 0.167. The normalized spacial score (nSPS) is 22.2. The van der Waals surface area contributed by atoms with Gasteiger partial charge in [-0.15, -0.1) is 0 Å².